The van der Waals surface area contributed by atoms with E-state index in [-0.39, 0.29) is 18.3 Å². The number of hydrogen-bond acceptors (Lipinski definition) is 7. The predicted molar refractivity (Wildman–Crippen MR) is 105 cm³/mol. The van der Waals surface area contributed by atoms with Crippen molar-refractivity contribution in [3.63, 3.8) is 0 Å². The van der Waals surface area contributed by atoms with Crippen molar-refractivity contribution in [3.05, 3.63) is 65.0 Å². The standard InChI is InChI=1S/C20H18N4O3S/c1-13-6-7-14(2)17(8-13)26-11-19-23-24-20(27-19)28-12-18(25)22-16-5-3-4-15(9-16)10-21/h3-9H,11-12H2,1-2H3,(H,22,25). The summed E-state index contributed by atoms with van der Waals surface area (Å²) in [5, 5.41) is 19.8. The highest BCUT2D eigenvalue weighted by molar-refractivity contribution is 7.99. The molecule has 0 aliphatic carbocycles. The number of hydrogen-bond donors (Lipinski definition) is 1. The Kier molecular flexibility index (Phi) is 6.29. The number of aryl methyl sites for hydroxylation is 2. The molecule has 142 valence electrons. The quantitative estimate of drug-likeness (QED) is 0.607. The number of nitrogens with zero attached hydrogens (tertiary/aromatic N) is 3. The van der Waals surface area contributed by atoms with Crippen molar-refractivity contribution in [2.45, 2.75) is 25.7 Å². The maximum Gasteiger partial charge on any atom is 0.277 e. The SMILES string of the molecule is Cc1ccc(C)c(OCc2nnc(SCC(=O)Nc3cccc(C#N)c3)o2)c1. The number of carbonyl (C=O) groups excluding carboxylic acids is 1. The van der Waals surface area contributed by atoms with Crippen molar-refractivity contribution in [2.75, 3.05) is 11.1 Å². The second-order valence-corrected chi connectivity index (χ2v) is 6.98. The van der Waals surface area contributed by atoms with Gasteiger partial charge in [0.2, 0.25) is 5.91 Å². The largest absolute Gasteiger partial charge is 0.484 e. The van der Waals surface area contributed by atoms with Gasteiger partial charge in [0.1, 0.15) is 5.75 Å². The van der Waals surface area contributed by atoms with E-state index in [1.54, 1.807) is 24.3 Å². The highest BCUT2D eigenvalue weighted by atomic mass is 32.2. The molecule has 0 atom stereocenters. The fourth-order valence-corrected chi connectivity index (χ4v) is 2.93. The minimum absolute atomic E-state index is 0.107. The minimum Gasteiger partial charge on any atom is -0.484 e. The molecular formula is C20H18N4O3S. The maximum atomic E-state index is 12.0. The van der Waals surface area contributed by atoms with E-state index in [1.165, 1.54) is 0 Å². The number of thioether (sulfide) groups is 1. The molecule has 0 saturated carbocycles. The molecule has 0 radical (unpaired) electrons. The van der Waals surface area contributed by atoms with Crippen molar-refractivity contribution in [1.82, 2.24) is 10.2 Å². The van der Waals surface area contributed by atoms with Gasteiger partial charge in [0.05, 0.1) is 17.4 Å². The van der Waals surface area contributed by atoms with E-state index in [0.29, 0.717) is 22.4 Å². The molecule has 0 saturated heterocycles. The topological polar surface area (TPSA) is 101 Å². The number of aromatic nitrogens is 2. The van der Waals surface area contributed by atoms with Gasteiger partial charge in [-0.2, -0.15) is 5.26 Å². The van der Waals surface area contributed by atoms with Gasteiger partial charge in [-0.05, 0) is 49.2 Å². The number of ether oxygens (including phenoxy) is 1. The highest BCUT2D eigenvalue weighted by Crippen LogP contribution is 2.22. The van der Waals surface area contributed by atoms with Gasteiger partial charge in [0, 0.05) is 5.69 Å². The fraction of sp³-hybridized carbons (Fsp3) is 0.200. The van der Waals surface area contributed by atoms with Crippen molar-refractivity contribution >= 4 is 23.4 Å². The van der Waals surface area contributed by atoms with Crippen LogP contribution >= 0.6 is 11.8 Å². The van der Waals surface area contributed by atoms with E-state index in [0.717, 1.165) is 28.6 Å². The van der Waals surface area contributed by atoms with E-state index < -0.39 is 0 Å². The maximum absolute atomic E-state index is 12.0. The van der Waals surface area contributed by atoms with E-state index in [4.69, 9.17) is 14.4 Å². The third-order valence-electron chi connectivity index (χ3n) is 3.75. The zero-order valence-electron chi connectivity index (χ0n) is 15.4. The number of amides is 1. The minimum atomic E-state index is -0.230. The Labute approximate surface area is 166 Å². The second-order valence-electron chi connectivity index (χ2n) is 6.05. The summed E-state index contributed by atoms with van der Waals surface area (Å²) in [4.78, 5) is 12.0. The van der Waals surface area contributed by atoms with Gasteiger partial charge in [-0.3, -0.25) is 4.79 Å². The summed E-state index contributed by atoms with van der Waals surface area (Å²) in [5.41, 5.74) is 3.18. The molecule has 0 spiro atoms. The summed E-state index contributed by atoms with van der Waals surface area (Å²) in [6.07, 6.45) is 0. The van der Waals surface area contributed by atoms with Crippen molar-refractivity contribution in [1.29, 1.82) is 5.26 Å². The lowest BCUT2D eigenvalue weighted by molar-refractivity contribution is -0.113. The summed E-state index contributed by atoms with van der Waals surface area (Å²) in [5.74, 6) is 0.986. The second kappa shape index (κ2) is 9.06. The molecular weight excluding hydrogens is 376 g/mol. The zero-order valence-corrected chi connectivity index (χ0v) is 16.2. The van der Waals surface area contributed by atoms with E-state index in [1.807, 2.05) is 38.1 Å². The molecule has 1 heterocycles. The molecule has 7 nitrogen and oxygen atoms in total. The van der Waals surface area contributed by atoms with Crippen LogP contribution < -0.4 is 10.1 Å². The van der Waals surface area contributed by atoms with Gasteiger partial charge >= 0.3 is 0 Å². The van der Waals surface area contributed by atoms with Crippen molar-refractivity contribution in [2.24, 2.45) is 0 Å². The number of anilines is 1. The molecule has 1 amide bonds. The van der Waals surface area contributed by atoms with Crippen LogP contribution in [-0.2, 0) is 11.4 Å². The summed E-state index contributed by atoms with van der Waals surface area (Å²) in [6, 6.07) is 14.7. The van der Waals surface area contributed by atoms with Crippen LogP contribution in [0.4, 0.5) is 5.69 Å². The van der Waals surface area contributed by atoms with Gasteiger partial charge in [0.25, 0.3) is 11.1 Å². The molecule has 1 N–H and O–H groups in total. The van der Waals surface area contributed by atoms with Crippen LogP contribution in [0.5, 0.6) is 5.75 Å². The molecule has 0 aliphatic rings. The molecule has 0 aliphatic heterocycles. The fourth-order valence-electron chi connectivity index (χ4n) is 2.35. The summed E-state index contributed by atoms with van der Waals surface area (Å²) in [6.45, 7) is 4.12. The van der Waals surface area contributed by atoms with Crippen molar-refractivity contribution in [3.8, 4) is 11.8 Å². The lowest BCUT2D eigenvalue weighted by Crippen LogP contribution is -2.14. The molecule has 0 unspecified atom stereocenters. The normalized spacial score (nSPS) is 10.3. The average molecular weight is 394 g/mol. The smallest absolute Gasteiger partial charge is 0.277 e. The van der Waals surface area contributed by atoms with Crippen LogP contribution in [0.2, 0.25) is 0 Å². The van der Waals surface area contributed by atoms with Gasteiger partial charge in [-0.1, -0.05) is 30.0 Å². The van der Waals surface area contributed by atoms with E-state index in [9.17, 15) is 4.79 Å². The van der Waals surface area contributed by atoms with Gasteiger partial charge in [-0.25, -0.2) is 0 Å². The molecule has 3 aromatic rings. The third kappa shape index (κ3) is 5.34. The van der Waals surface area contributed by atoms with Crippen LogP contribution in [0.1, 0.15) is 22.6 Å². The number of rotatable bonds is 7. The van der Waals surface area contributed by atoms with Crippen LogP contribution in [0.25, 0.3) is 0 Å². The average Bonchev–Trinajstić information content (AvgIpc) is 3.15. The van der Waals surface area contributed by atoms with Gasteiger partial charge in [0.15, 0.2) is 6.61 Å². The van der Waals surface area contributed by atoms with Crippen LogP contribution in [0.3, 0.4) is 0 Å². The first-order valence-corrected chi connectivity index (χ1v) is 9.47. The van der Waals surface area contributed by atoms with Crippen LogP contribution in [0, 0.1) is 25.2 Å². The Bertz CT molecular complexity index is 1030. The summed E-state index contributed by atoms with van der Waals surface area (Å²) in [7, 11) is 0. The predicted octanol–water partition coefficient (Wildman–Crippen LogP) is 3.87. The lowest BCUT2D eigenvalue weighted by Gasteiger charge is -2.07. The summed E-state index contributed by atoms with van der Waals surface area (Å²) < 4.78 is 11.2. The molecule has 1 aromatic heterocycles. The first-order valence-electron chi connectivity index (χ1n) is 8.49. The molecule has 0 bridgehead atoms. The molecule has 28 heavy (non-hydrogen) atoms. The van der Waals surface area contributed by atoms with Crippen molar-refractivity contribution < 1.29 is 13.9 Å². The Morgan fingerprint density at radius 1 is 1.25 bits per heavy atom. The first-order chi connectivity index (χ1) is 13.5. The molecule has 0 fully saturated rings. The zero-order chi connectivity index (χ0) is 19.9. The molecule has 8 heteroatoms. The number of nitriles is 1. The Morgan fingerprint density at radius 2 is 2.11 bits per heavy atom. The Balaban J connectivity index is 1.49. The van der Waals surface area contributed by atoms with Gasteiger partial charge < -0.3 is 14.5 Å². The van der Waals surface area contributed by atoms with Crippen LogP contribution in [0.15, 0.2) is 52.1 Å². The van der Waals surface area contributed by atoms with Crippen LogP contribution in [-0.4, -0.2) is 21.9 Å². The Hall–Kier alpha value is -3.31. The number of carbonyl (C=O) groups is 1. The first kappa shape index (κ1) is 19.5. The summed E-state index contributed by atoms with van der Waals surface area (Å²) >= 11 is 1.13. The van der Waals surface area contributed by atoms with E-state index >= 15 is 0 Å². The monoisotopic (exact) mass is 394 g/mol. The van der Waals surface area contributed by atoms with E-state index in [2.05, 4.69) is 15.5 Å². The lowest BCUT2D eigenvalue weighted by atomic mass is 10.1. The molecule has 2 aromatic carbocycles. The number of benzene rings is 2. The number of nitrogens with one attached hydrogen (secondary N) is 1. The van der Waals surface area contributed by atoms with Gasteiger partial charge in [-0.15, -0.1) is 10.2 Å². The Morgan fingerprint density at radius 3 is 2.93 bits per heavy atom. The third-order valence-corrected chi connectivity index (χ3v) is 4.56. The molecule has 3 rings (SSSR count). The highest BCUT2D eigenvalue weighted by Gasteiger charge is 2.11.